The Morgan fingerprint density at radius 2 is 1.49 bits per heavy atom. The molecule has 284 valence electrons. The van der Waals surface area contributed by atoms with Crippen molar-refractivity contribution in [1.29, 1.82) is 0 Å². The number of allylic oxidation sites excluding steroid dienone is 4. The van der Waals surface area contributed by atoms with Crippen molar-refractivity contribution >= 4 is 15.8 Å². The van der Waals surface area contributed by atoms with Crippen LogP contribution in [0.25, 0.3) is 11.1 Å². The fourth-order valence-corrected chi connectivity index (χ4v) is 15.2. The number of carbonyl (C=O) groups is 1. The van der Waals surface area contributed by atoms with Crippen molar-refractivity contribution in [2.24, 2.45) is 56.7 Å². The van der Waals surface area contributed by atoms with Gasteiger partial charge in [0.05, 0.1) is 18.0 Å². The van der Waals surface area contributed by atoms with Crippen LogP contribution in [0.1, 0.15) is 102 Å². The first-order valence-electron chi connectivity index (χ1n) is 20.5. The summed E-state index contributed by atoms with van der Waals surface area (Å²) < 4.78 is 28.8. The fourth-order valence-electron chi connectivity index (χ4n) is 14.2. The highest BCUT2D eigenvalue weighted by atomic mass is 32.2. The normalized spacial score (nSPS) is 43.4. The van der Waals surface area contributed by atoms with Gasteiger partial charge in [-0.05, 0) is 116 Å². The van der Waals surface area contributed by atoms with Crippen LogP contribution in [0.3, 0.4) is 0 Å². The molecule has 11 atom stereocenters. The van der Waals surface area contributed by atoms with Gasteiger partial charge in [-0.25, -0.2) is 8.42 Å². The van der Waals surface area contributed by atoms with Gasteiger partial charge in [0.25, 0.3) is 0 Å². The number of nitrogens with zero attached hydrogens (tertiary/aromatic N) is 1. The number of fused-ring (bicyclic) bond motifs is 3. The highest BCUT2D eigenvalue weighted by Crippen LogP contribution is 2.78. The molecule has 1 unspecified atom stereocenters. The molecule has 0 aliphatic heterocycles. The van der Waals surface area contributed by atoms with E-state index in [-0.39, 0.29) is 35.0 Å². The van der Waals surface area contributed by atoms with Gasteiger partial charge in [0, 0.05) is 40.5 Å². The van der Waals surface area contributed by atoms with E-state index in [2.05, 4.69) is 58.1 Å². The quantitative estimate of drug-likeness (QED) is 0.210. The highest BCUT2D eigenvalue weighted by molar-refractivity contribution is 7.88. The van der Waals surface area contributed by atoms with E-state index in [1.807, 2.05) is 42.5 Å². The van der Waals surface area contributed by atoms with Crippen molar-refractivity contribution in [2.75, 3.05) is 19.3 Å². The predicted molar refractivity (Wildman–Crippen MR) is 209 cm³/mol. The van der Waals surface area contributed by atoms with Crippen LogP contribution in [-0.2, 0) is 10.0 Å². The summed E-state index contributed by atoms with van der Waals surface area (Å²) in [6.07, 6.45) is 16.4. The van der Waals surface area contributed by atoms with E-state index in [9.17, 15) is 18.6 Å². The smallest absolute Gasteiger partial charge is 0.211 e. The van der Waals surface area contributed by atoms with Gasteiger partial charge in [0.2, 0.25) is 10.0 Å². The van der Waals surface area contributed by atoms with Crippen LogP contribution in [0.2, 0.25) is 0 Å². The number of aliphatic hydroxyl groups is 2. The molecular formula is C46H59NO5S. The maximum Gasteiger partial charge on any atom is 0.211 e. The molecule has 2 aromatic rings. The molecule has 6 saturated carbocycles. The lowest BCUT2D eigenvalue weighted by Gasteiger charge is -2.71. The lowest BCUT2D eigenvalue weighted by Crippen LogP contribution is -2.67. The van der Waals surface area contributed by atoms with Gasteiger partial charge < -0.3 is 10.2 Å². The van der Waals surface area contributed by atoms with Gasteiger partial charge in [-0.15, -0.1) is 0 Å². The molecule has 9 aliphatic carbocycles. The fraction of sp³-hybridized carbons (Fsp3) is 0.630. The zero-order valence-electron chi connectivity index (χ0n) is 32.4. The number of sulfonamides is 1. The Hall–Kier alpha value is -2.58. The molecule has 6 nitrogen and oxygen atoms in total. The molecule has 0 amide bonds. The largest absolute Gasteiger partial charge is 0.393 e. The van der Waals surface area contributed by atoms with Gasteiger partial charge in [0.1, 0.15) is 0 Å². The number of hydrogen-bond acceptors (Lipinski definition) is 5. The summed E-state index contributed by atoms with van der Waals surface area (Å²) >= 11 is 0. The summed E-state index contributed by atoms with van der Waals surface area (Å²) in [7, 11) is -3.58. The van der Waals surface area contributed by atoms with Gasteiger partial charge in [0.15, 0.2) is 5.78 Å². The number of Topliss-reactive ketones (excluding diaryl/α,β-unsaturated/α-hetero) is 1. The lowest BCUT2D eigenvalue weighted by atomic mass is 9.32. The molecule has 0 aromatic heterocycles. The maximum absolute atomic E-state index is 15.1. The second-order valence-corrected chi connectivity index (χ2v) is 21.8. The average Bonchev–Trinajstić information content (AvgIpc) is 3.40. The van der Waals surface area contributed by atoms with Crippen LogP contribution >= 0.6 is 0 Å². The number of carbonyl (C=O) groups excluding carboxylic acids is 1. The van der Waals surface area contributed by atoms with E-state index in [1.165, 1.54) is 12.7 Å². The molecule has 2 aromatic carbocycles. The van der Waals surface area contributed by atoms with Crippen molar-refractivity contribution in [1.82, 2.24) is 4.31 Å². The first-order chi connectivity index (χ1) is 25.0. The van der Waals surface area contributed by atoms with E-state index in [4.69, 9.17) is 0 Å². The van der Waals surface area contributed by atoms with Gasteiger partial charge in [-0.2, -0.15) is 4.31 Å². The first kappa shape index (κ1) is 36.1. The van der Waals surface area contributed by atoms with Gasteiger partial charge >= 0.3 is 0 Å². The topological polar surface area (TPSA) is 94.9 Å². The monoisotopic (exact) mass is 737 g/mol. The Bertz CT molecular complexity index is 1990. The predicted octanol–water partition coefficient (Wildman–Crippen LogP) is 8.46. The summed E-state index contributed by atoms with van der Waals surface area (Å²) in [5.74, 6) is 1.76. The summed E-state index contributed by atoms with van der Waals surface area (Å²) in [6, 6.07) is 18.2. The Kier molecular flexibility index (Phi) is 7.98. The van der Waals surface area contributed by atoms with Crippen LogP contribution < -0.4 is 0 Å². The summed E-state index contributed by atoms with van der Waals surface area (Å²) in [4.78, 5) is 15.1. The Morgan fingerprint density at radius 1 is 0.830 bits per heavy atom. The molecule has 0 heterocycles. The number of benzene rings is 2. The molecular weight excluding hydrogens is 679 g/mol. The Labute approximate surface area is 317 Å². The Balaban J connectivity index is 1.09. The number of rotatable bonds is 8. The average molecular weight is 738 g/mol. The van der Waals surface area contributed by atoms with Crippen molar-refractivity contribution in [3.05, 3.63) is 84.0 Å². The standard InChI is InChI=1S/C46H59NO5S/c1-41(2)34-16-15-33(36(41)25-34)28-47(53(5,51)52)29-45(50)22-19-39-43(45,4)21-18-38-42(3)20-17-35(48)26-44(42)23-24-46(38,39)37(27-44)40(49)32-13-11-31(12-14-32)30-9-7-6-8-10-30/h6-14,23-24,27,33-36,38-39,48,50H,15-22,25-26,28-29H2,1-5H3/t33-,34-,35?,36-,38+,39+,42+,43-,44-,45+,46+/m0/s1. The van der Waals surface area contributed by atoms with Crippen molar-refractivity contribution in [3.63, 3.8) is 0 Å². The van der Waals surface area contributed by atoms with Crippen LogP contribution in [0.15, 0.2) is 78.4 Å². The molecule has 53 heavy (non-hydrogen) atoms. The second-order valence-electron chi connectivity index (χ2n) is 19.8. The summed E-state index contributed by atoms with van der Waals surface area (Å²) in [6.45, 7) is 9.90. The maximum atomic E-state index is 15.1. The first-order valence-corrected chi connectivity index (χ1v) is 22.3. The number of ketones is 1. The van der Waals surface area contributed by atoms with E-state index in [0.717, 1.165) is 67.6 Å². The third kappa shape index (κ3) is 4.91. The van der Waals surface area contributed by atoms with Crippen LogP contribution in [0, 0.1) is 56.7 Å². The molecule has 9 aliphatic rings. The SMILES string of the molecule is CC1(C)[C@H]2CC[C@@H](CN(C[C@]3(O)CC[C@H]4[C@]56C=C[C@@]7(C=C5C(=O)c5ccc(-c8ccccc8)cc5)CC(O)CC[C@]7(C)[C@H]6CC[C@@]43C)S(C)(=O)=O)[C@@H]1C2. The van der Waals surface area contributed by atoms with Gasteiger partial charge in [-0.1, -0.05) is 101 Å². The van der Waals surface area contributed by atoms with Crippen molar-refractivity contribution < 1.29 is 23.4 Å². The number of aliphatic hydroxyl groups excluding tert-OH is 1. The molecule has 11 rings (SSSR count). The van der Waals surface area contributed by atoms with E-state index < -0.39 is 38.0 Å². The van der Waals surface area contributed by atoms with E-state index in [1.54, 1.807) is 4.31 Å². The zero-order chi connectivity index (χ0) is 37.4. The zero-order valence-corrected chi connectivity index (χ0v) is 33.2. The molecule has 0 saturated heterocycles. The highest BCUT2D eigenvalue weighted by Gasteiger charge is 2.74. The molecule has 2 spiro atoms. The Morgan fingerprint density at radius 3 is 2.17 bits per heavy atom. The lowest BCUT2D eigenvalue weighted by molar-refractivity contribution is -0.174. The molecule has 4 bridgehead atoms. The second kappa shape index (κ2) is 11.7. The van der Waals surface area contributed by atoms with Crippen LogP contribution in [0.5, 0.6) is 0 Å². The number of hydrogen-bond donors (Lipinski definition) is 2. The summed E-state index contributed by atoms with van der Waals surface area (Å²) in [5.41, 5.74) is 0.972. The van der Waals surface area contributed by atoms with Crippen LogP contribution in [0.4, 0.5) is 0 Å². The molecule has 7 heteroatoms. The third-order valence-electron chi connectivity index (χ3n) is 17.6. The molecule has 6 fully saturated rings. The van der Waals surface area contributed by atoms with E-state index in [0.29, 0.717) is 36.8 Å². The minimum atomic E-state index is -3.58. The third-order valence-corrected chi connectivity index (χ3v) is 18.8. The van der Waals surface area contributed by atoms with E-state index >= 15 is 4.79 Å². The molecule has 0 radical (unpaired) electrons. The minimum Gasteiger partial charge on any atom is -0.393 e. The van der Waals surface area contributed by atoms with Crippen LogP contribution in [-0.4, -0.2) is 59.8 Å². The van der Waals surface area contributed by atoms with Crippen molar-refractivity contribution in [3.8, 4) is 11.1 Å². The van der Waals surface area contributed by atoms with Gasteiger partial charge in [-0.3, -0.25) is 4.79 Å². The molecule has 2 N–H and O–H groups in total. The minimum absolute atomic E-state index is 0.0295. The van der Waals surface area contributed by atoms with Crippen molar-refractivity contribution in [2.45, 2.75) is 104 Å². The summed E-state index contributed by atoms with van der Waals surface area (Å²) in [5, 5.41) is 24.1.